The summed E-state index contributed by atoms with van der Waals surface area (Å²) in [5.74, 6) is 0.996. The Hall–Kier alpha value is -2.76. The van der Waals surface area contributed by atoms with Crippen molar-refractivity contribution in [1.29, 1.82) is 0 Å². The van der Waals surface area contributed by atoms with E-state index in [9.17, 15) is 9.18 Å². The van der Waals surface area contributed by atoms with Crippen molar-refractivity contribution >= 4 is 5.91 Å². The molecule has 1 amide bonds. The van der Waals surface area contributed by atoms with Gasteiger partial charge in [0.1, 0.15) is 12.8 Å². The largest absolute Gasteiger partial charge is 0.493 e. The molecule has 138 valence electrons. The van der Waals surface area contributed by atoms with Crippen LogP contribution in [0.4, 0.5) is 4.39 Å². The Balaban J connectivity index is 1.84. The molecule has 26 heavy (non-hydrogen) atoms. The molecule has 0 saturated carbocycles. The molecule has 1 aliphatic heterocycles. The van der Waals surface area contributed by atoms with Crippen molar-refractivity contribution in [2.24, 2.45) is 0 Å². The lowest BCUT2D eigenvalue weighted by atomic mass is 10.1. The smallest absolute Gasteiger partial charge is 0.254 e. The molecule has 2 aromatic rings. The number of likely N-dealkylation sites (tertiary alicyclic amines) is 1. The zero-order chi connectivity index (χ0) is 18.5. The van der Waals surface area contributed by atoms with Crippen molar-refractivity contribution in [3.05, 3.63) is 53.6 Å². The fraction of sp³-hybridized carbons (Fsp3) is 0.350. The van der Waals surface area contributed by atoms with Crippen LogP contribution >= 0.6 is 0 Å². The van der Waals surface area contributed by atoms with E-state index in [2.05, 4.69) is 0 Å². The van der Waals surface area contributed by atoms with Crippen LogP contribution < -0.4 is 14.2 Å². The zero-order valence-electron chi connectivity index (χ0n) is 14.9. The monoisotopic (exact) mass is 359 g/mol. The van der Waals surface area contributed by atoms with E-state index in [1.165, 1.54) is 19.1 Å². The van der Waals surface area contributed by atoms with Crippen molar-refractivity contribution < 1.29 is 23.4 Å². The van der Waals surface area contributed by atoms with Crippen molar-refractivity contribution in [3.8, 4) is 17.2 Å². The molecule has 5 nitrogen and oxygen atoms in total. The average Bonchev–Trinajstić information content (AvgIpc) is 3.12. The summed E-state index contributed by atoms with van der Waals surface area (Å²) in [6, 6.07) is 12.9. The van der Waals surface area contributed by atoms with Gasteiger partial charge in [0.15, 0.2) is 11.5 Å². The number of benzene rings is 2. The maximum atomic E-state index is 13.4. The van der Waals surface area contributed by atoms with Crippen molar-refractivity contribution in [2.45, 2.75) is 19.2 Å². The van der Waals surface area contributed by atoms with Crippen LogP contribution in [-0.2, 0) is 6.61 Å². The number of methoxy groups -OCH3 is 2. The first-order chi connectivity index (χ1) is 12.6. The van der Waals surface area contributed by atoms with Crippen LogP contribution in [0.15, 0.2) is 42.5 Å². The van der Waals surface area contributed by atoms with Gasteiger partial charge in [-0.1, -0.05) is 30.3 Å². The summed E-state index contributed by atoms with van der Waals surface area (Å²) in [5, 5.41) is 0. The fourth-order valence-electron chi connectivity index (χ4n) is 2.96. The SMILES string of the molecule is COc1cc(C(=O)N2CC[C@@H](F)C2)cc(OC)c1OCc1ccccc1. The second-order valence-corrected chi connectivity index (χ2v) is 6.12. The molecule has 1 aliphatic rings. The zero-order valence-corrected chi connectivity index (χ0v) is 14.9. The molecule has 1 heterocycles. The fourth-order valence-corrected chi connectivity index (χ4v) is 2.96. The molecular formula is C20H22FNO4. The third-order valence-electron chi connectivity index (χ3n) is 4.35. The van der Waals surface area contributed by atoms with Crippen LogP contribution in [0.3, 0.4) is 0 Å². The van der Waals surface area contributed by atoms with E-state index in [0.717, 1.165) is 5.56 Å². The molecular weight excluding hydrogens is 337 g/mol. The van der Waals surface area contributed by atoms with E-state index < -0.39 is 6.17 Å². The van der Waals surface area contributed by atoms with Crippen LogP contribution in [0.2, 0.25) is 0 Å². The highest BCUT2D eigenvalue weighted by Crippen LogP contribution is 2.39. The van der Waals surface area contributed by atoms with E-state index in [0.29, 0.717) is 42.4 Å². The number of hydrogen-bond donors (Lipinski definition) is 0. The first-order valence-corrected chi connectivity index (χ1v) is 8.48. The lowest BCUT2D eigenvalue weighted by Gasteiger charge is -2.19. The van der Waals surface area contributed by atoms with Gasteiger partial charge in [0.25, 0.3) is 5.91 Å². The Morgan fingerprint density at radius 1 is 1.15 bits per heavy atom. The number of halogens is 1. The lowest BCUT2D eigenvalue weighted by Crippen LogP contribution is -2.29. The molecule has 1 fully saturated rings. The van der Waals surface area contributed by atoms with Crippen LogP contribution in [0, 0.1) is 0 Å². The molecule has 6 heteroatoms. The van der Waals surface area contributed by atoms with Crippen LogP contribution in [0.5, 0.6) is 17.2 Å². The molecule has 1 atom stereocenters. The molecule has 0 spiro atoms. The molecule has 0 bridgehead atoms. The Morgan fingerprint density at radius 2 is 1.81 bits per heavy atom. The van der Waals surface area contributed by atoms with Gasteiger partial charge in [-0.05, 0) is 24.1 Å². The summed E-state index contributed by atoms with van der Waals surface area (Å²) in [4.78, 5) is 14.1. The summed E-state index contributed by atoms with van der Waals surface area (Å²) in [7, 11) is 3.01. The number of ether oxygens (including phenoxy) is 3. The highest BCUT2D eigenvalue weighted by Gasteiger charge is 2.28. The second-order valence-electron chi connectivity index (χ2n) is 6.12. The molecule has 0 aliphatic carbocycles. The van der Waals surface area contributed by atoms with Crippen molar-refractivity contribution in [1.82, 2.24) is 4.90 Å². The maximum Gasteiger partial charge on any atom is 0.254 e. The highest BCUT2D eigenvalue weighted by atomic mass is 19.1. The van der Waals surface area contributed by atoms with E-state index in [-0.39, 0.29) is 12.5 Å². The van der Waals surface area contributed by atoms with Crippen LogP contribution in [0.25, 0.3) is 0 Å². The van der Waals surface area contributed by atoms with Gasteiger partial charge in [-0.25, -0.2) is 4.39 Å². The minimum absolute atomic E-state index is 0.121. The van der Waals surface area contributed by atoms with Gasteiger partial charge >= 0.3 is 0 Å². The van der Waals surface area contributed by atoms with E-state index in [4.69, 9.17) is 14.2 Å². The second kappa shape index (κ2) is 8.08. The number of hydrogen-bond acceptors (Lipinski definition) is 4. The predicted molar refractivity (Wildman–Crippen MR) is 95.7 cm³/mol. The van der Waals surface area contributed by atoms with E-state index in [1.807, 2.05) is 30.3 Å². The van der Waals surface area contributed by atoms with Gasteiger partial charge in [0.2, 0.25) is 5.75 Å². The first kappa shape index (κ1) is 18.0. The first-order valence-electron chi connectivity index (χ1n) is 8.48. The van der Waals surface area contributed by atoms with Gasteiger partial charge in [-0.2, -0.15) is 0 Å². The van der Waals surface area contributed by atoms with E-state index >= 15 is 0 Å². The standard InChI is InChI=1S/C20H22FNO4/c1-24-17-10-15(20(23)22-9-8-16(21)12-22)11-18(25-2)19(17)26-13-14-6-4-3-5-7-14/h3-7,10-11,16H,8-9,12-13H2,1-2H3/t16-/m1/s1. The Labute approximate surface area is 152 Å². The summed E-state index contributed by atoms with van der Waals surface area (Å²) < 4.78 is 30.1. The maximum absolute atomic E-state index is 13.4. The molecule has 0 radical (unpaired) electrons. The summed E-state index contributed by atoms with van der Waals surface area (Å²) in [6.45, 7) is 0.878. The van der Waals surface area contributed by atoms with Crippen LogP contribution in [0.1, 0.15) is 22.3 Å². The Morgan fingerprint density at radius 3 is 2.35 bits per heavy atom. The average molecular weight is 359 g/mol. The van der Waals surface area contributed by atoms with Gasteiger partial charge in [-0.3, -0.25) is 4.79 Å². The minimum atomic E-state index is -0.962. The molecule has 0 N–H and O–H groups in total. The molecule has 0 unspecified atom stereocenters. The number of amides is 1. The van der Waals surface area contributed by atoms with Gasteiger partial charge < -0.3 is 19.1 Å². The van der Waals surface area contributed by atoms with E-state index in [1.54, 1.807) is 12.1 Å². The van der Waals surface area contributed by atoms with Gasteiger partial charge in [0.05, 0.1) is 20.8 Å². The lowest BCUT2D eigenvalue weighted by molar-refractivity contribution is 0.0782. The Kier molecular flexibility index (Phi) is 5.61. The topological polar surface area (TPSA) is 48.0 Å². The van der Waals surface area contributed by atoms with Crippen LogP contribution in [-0.4, -0.2) is 44.3 Å². The van der Waals surface area contributed by atoms with Crippen molar-refractivity contribution in [2.75, 3.05) is 27.3 Å². The molecule has 2 aromatic carbocycles. The molecule has 1 saturated heterocycles. The summed E-state index contributed by atoms with van der Waals surface area (Å²) in [6.07, 6.45) is -0.589. The number of rotatable bonds is 6. The Bertz CT molecular complexity index is 741. The molecule has 0 aromatic heterocycles. The normalized spacial score (nSPS) is 16.4. The minimum Gasteiger partial charge on any atom is -0.493 e. The van der Waals surface area contributed by atoms with Gasteiger partial charge in [0, 0.05) is 12.1 Å². The number of nitrogens with zero attached hydrogens (tertiary/aromatic N) is 1. The quantitative estimate of drug-likeness (QED) is 0.792. The van der Waals surface area contributed by atoms with Crippen molar-refractivity contribution in [3.63, 3.8) is 0 Å². The number of carbonyl (C=O) groups is 1. The highest BCUT2D eigenvalue weighted by molar-refractivity contribution is 5.95. The third-order valence-corrected chi connectivity index (χ3v) is 4.35. The number of carbonyl (C=O) groups excluding carboxylic acids is 1. The summed E-state index contributed by atoms with van der Waals surface area (Å²) in [5.41, 5.74) is 1.39. The number of alkyl halides is 1. The summed E-state index contributed by atoms with van der Waals surface area (Å²) >= 11 is 0. The molecule has 3 rings (SSSR count). The van der Waals surface area contributed by atoms with Gasteiger partial charge in [-0.15, -0.1) is 0 Å². The predicted octanol–water partition coefficient (Wildman–Crippen LogP) is 3.47. The third kappa shape index (κ3) is 3.90.